The molecular formula is C23H34N4O4S2. The van der Waals surface area contributed by atoms with Crippen LogP contribution in [0.3, 0.4) is 0 Å². The minimum Gasteiger partial charge on any atom is -0.467 e. The van der Waals surface area contributed by atoms with Gasteiger partial charge in [-0.05, 0) is 17.5 Å². The van der Waals surface area contributed by atoms with Crippen molar-refractivity contribution >= 4 is 39.4 Å². The molecule has 0 radical (unpaired) electrons. The first kappa shape index (κ1) is 25.9. The first-order valence-corrected chi connectivity index (χ1v) is 13.9. The Morgan fingerprint density at radius 2 is 1.97 bits per heavy atom. The smallest absolute Gasteiger partial charge is 0.328 e. The predicted octanol–water partition coefficient (Wildman–Crippen LogP) is 1.47. The van der Waals surface area contributed by atoms with Crippen molar-refractivity contribution in [3.05, 3.63) is 35.4 Å². The molecule has 2 heterocycles. The highest BCUT2D eigenvalue weighted by atomic mass is 33.1. The number of fused-ring (bicyclic) bond motifs is 1. The molecule has 10 heteroatoms. The van der Waals surface area contributed by atoms with E-state index in [4.69, 9.17) is 10.5 Å². The van der Waals surface area contributed by atoms with Crippen LogP contribution in [0.1, 0.15) is 37.3 Å². The van der Waals surface area contributed by atoms with Crippen LogP contribution in [0.2, 0.25) is 0 Å². The van der Waals surface area contributed by atoms with Crippen LogP contribution >= 0.6 is 21.6 Å². The molecule has 33 heavy (non-hydrogen) atoms. The number of methoxy groups -OCH3 is 1. The van der Waals surface area contributed by atoms with Crippen LogP contribution in [-0.2, 0) is 32.1 Å². The summed E-state index contributed by atoms with van der Waals surface area (Å²) < 4.78 is 4.90. The summed E-state index contributed by atoms with van der Waals surface area (Å²) in [6.45, 7) is 2.93. The molecule has 1 aromatic carbocycles. The van der Waals surface area contributed by atoms with E-state index in [1.165, 1.54) is 7.11 Å². The number of nitrogens with two attached hydrogens (primary N) is 1. The van der Waals surface area contributed by atoms with Gasteiger partial charge in [0.2, 0.25) is 11.8 Å². The van der Waals surface area contributed by atoms with Crippen LogP contribution in [-0.4, -0.2) is 72.0 Å². The first-order valence-electron chi connectivity index (χ1n) is 11.4. The van der Waals surface area contributed by atoms with E-state index in [1.807, 2.05) is 31.2 Å². The number of benzene rings is 1. The maximum absolute atomic E-state index is 13.6. The lowest BCUT2D eigenvalue weighted by atomic mass is 9.92. The fraction of sp³-hybridized carbons (Fsp3) is 0.609. The molecule has 4 atom stereocenters. The summed E-state index contributed by atoms with van der Waals surface area (Å²) in [5.74, 6) is 0.524. The van der Waals surface area contributed by atoms with Gasteiger partial charge in [-0.2, -0.15) is 0 Å². The molecule has 1 fully saturated rings. The van der Waals surface area contributed by atoms with Gasteiger partial charge in [0.1, 0.15) is 12.1 Å². The lowest BCUT2D eigenvalue weighted by Gasteiger charge is -2.39. The van der Waals surface area contributed by atoms with Gasteiger partial charge in [-0.3, -0.25) is 9.59 Å². The van der Waals surface area contributed by atoms with Gasteiger partial charge >= 0.3 is 5.97 Å². The maximum atomic E-state index is 13.6. The molecule has 0 unspecified atom stereocenters. The van der Waals surface area contributed by atoms with Crippen molar-refractivity contribution in [3.63, 3.8) is 0 Å². The van der Waals surface area contributed by atoms with E-state index in [0.29, 0.717) is 31.7 Å². The van der Waals surface area contributed by atoms with Crippen LogP contribution < -0.4 is 16.4 Å². The third-order valence-electron chi connectivity index (χ3n) is 6.01. The van der Waals surface area contributed by atoms with Crippen molar-refractivity contribution < 1.29 is 19.1 Å². The van der Waals surface area contributed by atoms with E-state index in [0.717, 1.165) is 29.7 Å². The van der Waals surface area contributed by atoms with Gasteiger partial charge in [0.15, 0.2) is 0 Å². The topological polar surface area (TPSA) is 114 Å². The average Bonchev–Trinajstić information content (AvgIpc) is 2.82. The standard InChI is InChI=1S/C23H34N4O4S2/c1-3-4-9-18(23(30)31-2)26-21(28)20-10-15-7-5-6-8-16(15)12-27(20)22(29)19-14-33-32-13-17(24)11-25-19/h5-8,17-20,25H,3-4,9-14,24H2,1-2H3,(H,26,28)/t17-,18+,19+,20+/m1/s1. The van der Waals surface area contributed by atoms with Crippen molar-refractivity contribution in [2.75, 3.05) is 25.2 Å². The molecular weight excluding hydrogens is 460 g/mol. The zero-order valence-corrected chi connectivity index (χ0v) is 20.9. The Labute approximate surface area is 203 Å². The molecule has 2 amide bonds. The maximum Gasteiger partial charge on any atom is 0.328 e. The second kappa shape index (κ2) is 12.6. The quantitative estimate of drug-likeness (QED) is 0.386. The number of carbonyl (C=O) groups excluding carboxylic acids is 3. The van der Waals surface area contributed by atoms with Gasteiger partial charge in [0, 0.05) is 37.1 Å². The van der Waals surface area contributed by atoms with E-state index in [-0.39, 0.29) is 17.9 Å². The van der Waals surface area contributed by atoms with Crippen LogP contribution in [0.15, 0.2) is 24.3 Å². The zero-order valence-electron chi connectivity index (χ0n) is 19.2. The molecule has 0 spiro atoms. The second-order valence-electron chi connectivity index (χ2n) is 8.47. The van der Waals surface area contributed by atoms with Gasteiger partial charge in [-0.1, -0.05) is 65.6 Å². The van der Waals surface area contributed by atoms with Gasteiger partial charge in [-0.15, -0.1) is 0 Å². The largest absolute Gasteiger partial charge is 0.467 e. The number of carbonyl (C=O) groups is 3. The number of unbranched alkanes of at least 4 members (excludes halogenated alkanes) is 1. The molecule has 8 nitrogen and oxygen atoms in total. The van der Waals surface area contributed by atoms with Crippen LogP contribution in [0.5, 0.6) is 0 Å². The summed E-state index contributed by atoms with van der Waals surface area (Å²) in [7, 11) is 4.61. The fourth-order valence-corrected chi connectivity index (χ4v) is 6.47. The van der Waals surface area contributed by atoms with E-state index in [9.17, 15) is 14.4 Å². The fourth-order valence-electron chi connectivity index (χ4n) is 4.08. The van der Waals surface area contributed by atoms with Crippen molar-refractivity contribution in [1.29, 1.82) is 0 Å². The van der Waals surface area contributed by atoms with Crippen LogP contribution in [0.4, 0.5) is 0 Å². The third-order valence-corrected chi connectivity index (χ3v) is 8.52. The molecule has 0 aromatic heterocycles. The monoisotopic (exact) mass is 494 g/mol. The summed E-state index contributed by atoms with van der Waals surface area (Å²) in [6, 6.07) is 6.00. The number of nitrogens with one attached hydrogen (secondary N) is 2. The van der Waals surface area contributed by atoms with Crippen molar-refractivity contribution in [2.45, 2.75) is 63.3 Å². The summed E-state index contributed by atoms with van der Waals surface area (Å²) >= 11 is 0. The SMILES string of the molecule is CCCC[C@H](NC(=O)[C@@H]1Cc2ccccc2CN1C(=O)[C@@H]1CSSC[C@H](N)CN1)C(=O)OC. The predicted molar refractivity (Wildman–Crippen MR) is 133 cm³/mol. The Kier molecular flexibility index (Phi) is 9.91. The number of nitrogens with zero attached hydrogens (tertiary/aromatic N) is 1. The van der Waals surface area contributed by atoms with Gasteiger partial charge in [-0.25, -0.2) is 4.79 Å². The molecule has 1 saturated heterocycles. The molecule has 2 aliphatic rings. The second-order valence-corrected chi connectivity index (χ2v) is 11.0. The van der Waals surface area contributed by atoms with Gasteiger partial charge in [0.25, 0.3) is 0 Å². The first-order chi connectivity index (χ1) is 15.9. The summed E-state index contributed by atoms with van der Waals surface area (Å²) in [4.78, 5) is 40.9. The molecule has 4 N–H and O–H groups in total. The molecule has 0 aliphatic carbocycles. The van der Waals surface area contributed by atoms with E-state index in [1.54, 1.807) is 26.5 Å². The number of amides is 2. The molecule has 0 saturated carbocycles. The average molecular weight is 495 g/mol. The van der Waals surface area contributed by atoms with Crippen molar-refractivity contribution in [2.24, 2.45) is 5.73 Å². The summed E-state index contributed by atoms with van der Waals surface area (Å²) in [5.41, 5.74) is 8.17. The molecule has 3 rings (SSSR count). The van der Waals surface area contributed by atoms with Gasteiger partial charge in [0.05, 0.1) is 13.2 Å². The Hall–Kier alpha value is -1.75. The molecule has 1 aromatic rings. The lowest BCUT2D eigenvalue weighted by molar-refractivity contribution is -0.148. The van der Waals surface area contributed by atoms with Gasteiger partial charge < -0.3 is 26.0 Å². The Bertz CT molecular complexity index is 840. The summed E-state index contributed by atoms with van der Waals surface area (Å²) in [5, 5.41) is 6.15. The Balaban J connectivity index is 1.82. The van der Waals surface area contributed by atoms with Crippen LogP contribution in [0.25, 0.3) is 0 Å². The van der Waals surface area contributed by atoms with Crippen molar-refractivity contribution in [3.8, 4) is 0 Å². The molecule has 2 aliphatic heterocycles. The van der Waals surface area contributed by atoms with Crippen molar-refractivity contribution in [1.82, 2.24) is 15.5 Å². The minimum absolute atomic E-state index is 0.0290. The molecule has 0 bridgehead atoms. The number of hydrogen-bond donors (Lipinski definition) is 3. The number of hydrogen-bond acceptors (Lipinski definition) is 8. The van der Waals surface area contributed by atoms with Crippen LogP contribution in [0, 0.1) is 0 Å². The van der Waals surface area contributed by atoms with E-state index in [2.05, 4.69) is 10.6 Å². The normalized spacial score (nSPS) is 24.1. The molecule has 182 valence electrons. The Morgan fingerprint density at radius 3 is 2.70 bits per heavy atom. The number of esters is 1. The minimum atomic E-state index is -0.721. The number of rotatable bonds is 7. The Morgan fingerprint density at radius 1 is 1.24 bits per heavy atom. The highest BCUT2D eigenvalue weighted by molar-refractivity contribution is 8.76. The third kappa shape index (κ3) is 6.88. The zero-order chi connectivity index (χ0) is 23.8. The highest BCUT2D eigenvalue weighted by Gasteiger charge is 2.39. The summed E-state index contributed by atoms with van der Waals surface area (Å²) in [6.07, 6.45) is 2.60. The lowest BCUT2D eigenvalue weighted by Crippen LogP contribution is -2.60. The highest BCUT2D eigenvalue weighted by Crippen LogP contribution is 2.28. The van der Waals surface area contributed by atoms with E-state index < -0.39 is 24.1 Å². The number of ether oxygens (including phenoxy) is 1. The van der Waals surface area contributed by atoms with E-state index >= 15 is 0 Å².